The molecule has 1 aromatic heterocycles. The van der Waals surface area contributed by atoms with Gasteiger partial charge in [0, 0.05) is 10.9 Å². The van der Waals surface area contributed by atoms with E-state index >= 15 is 0 Å². The smallest absolute Gasteiger partial charge is 0.236 e. The van der Waals surface area contributed by atoms with Crippen LogP contribution in [0.15, 0.2) is 73.1 Å². The number of hydrogen-bond acceptors (Lipinski definition) is 2. The molecule has 4 aromatic carbocycles. The summed E-state index contributed by atoms with van der Waals surface area (Å²) in [7, 11) is 0. The van der Waals surface area contributed by atoms with E-state index in [2.05, 4.69) is 36.8 Å². The highest BCUT2D eigenvalue weighted by Gasteiger charge is 2.36. The second-order valence-electron chi connectivity index (χ2n) is 9.08. The fraction of sp³-hybridized carbons (Fsp3) is 0.185. The zero-order valence-corrected chi connectivity index (χ0v) is 18.0. The summed E-state index contributed by atoms with van der Waals surface area (Å²) < 4.78 is 42.5. The number of fused-ring (bicyclic) bond motifs is 3. The Bertz CT molecular complexity index is 1490. The third-order valence-corrected chi connectivity index (χ3v) is 5.88. The molecule has 160 valence electrons. The van der Waals surface area contributed by atoms with Crippen LogP contribution < -0.4 is 0 Å². The first-order valence-corrected chi connectivity index (χ1v) is 10.4. The maximum absolute atomic E-state index is 14.2. The van der Waals surface area contributed by atoms with Gasteiger partial charge < -0.3 is 0 Å². The van der Waals surface area contributed by atoms with Crippen molar-refractivity contribution < 1.29 is 13.2 Å². The highest BCUT2D eigenvalue weighted by Crippen LogP contribution is 2.42. The Labute approximate surface area is 183 Å². The summed E-state index contributed by atoms with van der Waals surface area (Å²) in [6.07, 6.45) is -3.31. The minimum Gasteiger partial charge on any atom is -0.236 e. The summed E-state index contributed by atoms with van der Waals surface area (Å²) in [5, 5.41) is 3.21. The number of alkyl halides is 3. The maximum Gasteiger partial charge on any atom is 0.419 e. The second-order valence-corrected chi connectivity index (χ2v) is 9.08. The van der Waals surface area contributed by atoms with Gasteiger partial charge in [-0.15, -0.1) is 0 Å². The van der Waals surface area contributed by atoms with E-state index in [0.717, 1.165) is 21.9 Å². The van der Waals surface area contributed by atoms with Gasteiger partial charge in [-0.05, 0) is 50.7 Å². The minimum absolute atomic E-state index is 0.0772. The lowest BCUT2D eigenvalue weighted by atomic mass is 9.82. The Morgan fingerprint density at radius 3 is 1.97 bits per heavy atom. The molecule has 32 heavy (non-hydrogen) atoms. The van der Waals surface area contributed by atoms with E-state index in [1.807, 2.05) is 30.3 Å². The Balaban J connectivity index is 1.91. The average molecular weight is 430 g/mol. The summed E-state index contributed by atoms with van der Waals surface area (Å²) in [5.74, 6) is 0. The Morgan fingerprint density at radius 1 is 0.688 bits per heavy atom. The molecule has 0 spiro atoms. The van der Waals surface area contributed by atoms with Crippen LogP contribution >= 0.6 is 0 Å². The Kier molecular flexibility index (Phi) is 4.48. The molecule has 0 saturated carbocycles. The van der Waals surface area contributed by atoms with Gasteiger partial charge in [0.25, 0.3) is 0 Å². The summed E-state index contributed by atoms with van der Waals surface area (Å²) in [6, 6.07) is 20.4. The quantitative estimate of drug-likeness (QED) is 0.252. The van der Waals surface area contributed by atoms with Crippen LogP contribution in [0.3, 0.4) is 0 Å². The predicted molar refractivity (Wildman–Crippen MR) is 124 cm³/mol. The van der Waals surface area contributed by atoms with Crippen molar-refractivity contribution in [2.75, 3.05) is 0 Å². The van der Waals surface area contributed by atoms with Crippen LogP contribution in [-0.4, -0.2) is 9.97 Å². The maximum atomic E-state index is 14.2. The molecule has 5 aromatic rings. The number of hydrogen-bond donors (Lipinski definition) is 0. The van der Waals surface area contributed by atoms with Gasteiger partial charge in [-0.3, -0.25) is 0 Å². The van der Waals surface area contributed by atoms with E-state index in [4.69, 9.17) is 0 Å². The number of benzene rings is 4. The third kappa shape index (κ3) is 3.29. The highest BCUT2D eigenvalue weighted by atomic mass is 19.4. The molecule has 5 heteroatoms. The summed E-state index contributed by atoms with van der Waals surface area (Å²) in [5.41, 5.74) is 1.46. The molecule has 1 heterocycles. The molecule has 0 aliphatic rings. The van der Waals surface area contributed by atoms with Gasteiger partial charge >= 0.3 is 6.18 Å². The SMILES string of the molecule is CC(C)(C)c1cc(-c2ncnc3c(C(F)(F)F)c4ccccc4cc23)cc2ccccc12. The van der Waals surface area contributed by atoms with Crippen molar-refractivity contribution in [1.82, 2.24) is 9.97 Å². The fourth-order valence-corrected chi connectivity index (χ4v) is 4.45. The first-order chi connectivity index (χ1) is 15.1. The number of aromatic nitrogens is 2. The molecule has 0 unspecified atom stereocenters. The zero-order valence-electron chi connectivity index (χ0n) is 18.0. The van der Waals surface area contributed by atoms with Crippen LogP contribution in [0.1, 0.15) is 31.9 Å². The third-order valence-electron chi connectivity index (χ3n) is 5.88. The van der Waals surface area contributed by atoms with E-state index in [-0.39, 0.29) is 16.3 Å². The normalized spacial score (nSPS) is 12.7. The van der Waals surface area contributed by atoms with Gasteiger partial charge in [-0.1, -0.05) is 69.3 Å². The van der Waals surface area contributed by atoms with Crippen LogP contribution in [0.5, 0.6) is 0 Å². The molecule has 0 amide bonds. The van der Waals surface area contributed by atoms with E-state index in [1.54, 1.807) is 24.3 Å². The van der Waals surface area contributed by atoms with Crippen molar-refractivity contribution in [2.45, 2.75) is 32.4 Å². The van der Waals surface area contributed by atoms with Crippen molar-refractivity contribution in [3.8, 4) is 11.3 Å². The lowest BCUT2D eigenvalue weighted by Gasteiger charge is -2.23. The van der Waals surface area contributed by atoms with Gasteiger partial charge in [0.15, 0.2) is 0 Å². The van der Waals surface area contributed by atoms with Crippen LogP contribution in [-0.2, 0) is 11.6 Å². The van der Waals surface area contributed by atoms with E-state index < -0.39 is 11.7 Å². The van der Waals surface area contributed by atoms with Crippen molar-refractivity contribution in [3.63, 3.8) is 0 Å². The number of halogens is 3. The van der Waals surface area contributed by atoms with Crippen molar-refractivity contribution in [3.05, 3.63) is 84.2 Å². The van der Waals surface area contributed by atoms with Gasteiger partial charge in [-0.25, -0.2) is 9.97 Å². The van der Waals surface area contributed by atoms with Crippen LogP contribution in [0.4, 0.5) is 13.2 Å². The standard InChI is InChI=1S/C27H21F3N2/c1-26(2,3)22-14-18(12-16-8-4-6-10-19(16)22)24-21-13-17-9-5-7-11-20(17)23(27(28,29)30)25(21)32-15-31-24/h4-15H,1-3H3. The van der Waals surface area contributed by atoms with Gasteiger partial charge in [0.05, 0.1) is 16.8 Å². The summed E-state index contributed by atoms with van der Waals surface area (Å²) in [4.78, 5) is 8.54. The largest absolute Gasteiger partial charge is 0.419 e. The molecular weight excluding hydrogens is 409 g/mol. The predicted octanol–water partition coefficient (Wildman–Crippen LogP) is 7.92. The summed E-state index contributed by atoms with van der Waals surface area (Å²) in [6.45, 7) is 6.39. The molecule has 0 aliphatic heterocycles. The zero-order chi connectivity index (χ0) is 22.7. The molecule has 2 nitrogen and oxygen atoms in total. The molecule has 5 rings (SSSR count). The van der Waals surface area contributed by atoms with Gasteiger partial charge in [-0.2, -0.15) is 13.2 Å². The average Bonchev–Trinajstić information content (AvgIpc) is 2.74. The van der Waals surface area contributed by atoms with Crippen molar-refractivity contribution in [1.29, 1.82) is 0 Å². The second kappa shape index (κ2) is 7.02. The van der Waals surface area contributed by atoms with E-state index in [1.165, 1.54) is 12.4 Å². The van der Waals surface area contributed by atoms with E-state index in [0.29, 0.717) is 16.5 Å². The molecule has 0 radical (unpaired) electrons. The first kappa shape index (κ1) is 20.4. The van der Waals surface area contributed by atoms with Crippen LogP contribution in [0.25, 0.3) is 43.7 Å². The molecule has 0 N–H and O–H groups in total. The molecule has 0 fully saturated rings. The number of nitrogens with zero attached hydrogens (tertiary/aromatic N) is 2. The topological polar surface area (TPSA) is 25.8 Å². The molecule has 0 aliphatic carbocycles. The Hall–Kier alpha value is -3.47. The number of rotatable bonds is 1. The van der Waals surface area contributed by atoms with Gasteiger partial charge in [0.2, 0.25) is 0 Å². The molecule has 0 atom stereocenters. The molecule has 0 saturated heterocycles. The molecular formula is C27H21F3N2. The lowest BCUT2D eigenvalue weighted by molar-refractivity contribution is -0.135. The first-order valence-electron chi connectivity index (χ1n) is 10.4. The summed E-state index contributed by atoms with van der Waals surface area (Å²) >= 11 is 0. The van der Waals surface area contributed by atoms with Crippen LogP contribution in [0, 0.1) is 0 Å². The molecule has 0 bridgehead atoms. The van der Waals surface area contributed by atoms with Crippen molar-refractivity contribution in [2.24, 2.45) is 0 Å². The monoisotopic (exact) mass is 430 g/mol. The lowest BCUT2D eigenvalue weighted by Crippen LogP contribution is -2.12. The highest BCUT2D eigenvalue weighted by molar-refractivity contribution is 6.06. The minimum atomic E-state index is -4.54. The van der Waals surface area contributed by atoms with E-state index in [9.17, 15) is 13.2 Å². The van der Waals surface area contributed by atoms with Gasteiger partial charge in [0.1, 0.15) is 6.33 Å². The van der Waals surface area contributed by atoms with Crippen LogP contribution in [0.2, 0.25) is 0 Å². The Morgan fingerprint density at radius 2 is 1.31 bits per heavy atom. The van der Waals surface area contributed by atoms with Crippen molar-refractivity contribution >= 4 is 32.4 Å². The fourth-order valence-electron chi connectivity index (χ4n) is 4.45.